The van der Waals surface area contributed by atoms with E-state index < -0.39 is 0 Å². The number of aryl methyl sites for hydroxylation is 1. The predicted molar refractivity (Wildman–Crippen MR) is 72.4 cm³/mol. The van der Waals surface area contributed by atoms with Crippen LogP contribution in [-0.2, 0) is 4.74 Å². The lowest BCUT2D eigenvalue weighted by atomic mass is 10.00. The number of hydrogen-bond donors (Lipinski definition) is 1. The summed E-state index contributed by atoms with van der Waals surface area (Å²) in [6.45, 7) is 8.74. The molecule has 1 aliphatic rings. The molecule has 1 aromatic rings. The standard InChI is InChI=1S/C14H23N3O/c1-10-4-5-16-7-13(10)14(6-15)17-8-12(3)18-9-11(17)2/h4-5,7,11-12,14H,6,8-9,15H2,1-3H3. The van der Waals surface area contributed by atoms with Crippen LogP contribution in [0.1, 0.15) is 31.0 Å². The van der Waals surface area contributed by atoms with E-state index in [1.54, 1.807) is 0 Å². The van der Waals surface area contributed by atoms with Gasteiger partial charge >= 0.3 is 0 Å². The number of nitrogens with zero attached hydrogens (tertiary/aromatic N) is 2. The van der Waals surface area contributed by atoms with Crippen molar-refractivity contribution in [3.8, 4) is 0 Å². The third-order valence-electron chi connectivity index (χ3n) is 3.72. The molecule has 0 aliphatic carbocycles. The van der Waals surface area contributed by atoms with Gasteiger partial charge in [-0.25, -0.2) is 0 Å². The fourth-order valence-corrected chi connectivity index (χ4v) is 2.63. The lowest BCUT2D eigenvalue weighted by Crippen LogP contribution is -2.50. The molecule has 18 heavy (non-hydrogen) atoms. The molecule has 4 heteroatoms. The molecule has 1 aliphatic heterocycles. The lowest BCUT2D eigenvalue weighted by molar-refractivity contribution is -0.0655. The van der Waals surface area contributed by atoms with Crippen molar-refractivity contribution in [1.82, 2.24) is 9.88 Å². The molecule has 0 bridgehead atoms. The largest absolute Gasteiger partial charge is 0.376 e. The van der Waals surface area contributed by atoms with Gasteiger partial charge in [-0.1, -0.05) is 0 Å². The van der Waals surface area contributed by atoms with E-state index in [1.165, 1.54) is 11.1 Å². The van der Waals surface area contributed by atoms with Crippen molar-refractivity contribution >= 4 is 0 Å². The first-order valence-corrected chi connectivity index (χ1v) is 6.61. The number of nitrogens with two attached hydrogens (primary N) is 1. The van der Waals surface area contributed by atoms with Gasteiger partial charge in [0.05, 0.1) is 12.7 Å². The van der Waals surface area contributed by atoms with Crippen molar-refractivity contribution in [3.63, 3.8) is 0 Å². The maximum absolute atomic E-state index is 6.00. The normalized spacial score (nSPS) is 27.1. The molecule has 2 N–H and O–H groups in total. The molecular formula is C14H23N3O. The summed E-state index contributed by atoms with van der Waals surface area (Å²) < 4.78 is 5.68. The maximum atomic E-state index is 6.00. The quantitative estimate of drug-likeness (QED) is 0.882. The smallest absolute Gasteiger partial charge is 0.0675 e. The number of morpholine rings is 1. The Morgan fingerprint density at radius 2 is 2.33 bits per heavy atom. The summed E-state index contributed by atoms with van der Waals surface area (Å²) in [5, 5.41) is 0. The molecule has 3 unspecified atom stereocenters. The Labute approximate surface area is 109 Å². The Balaban J connectivity index is 2.25. The zero-order valence-electron chi connectivity index (χ0n) is 11.5. The zero-order chi connectivity index (χ0) is 13.1. The maximum Gasteiger partial charge on any atom is 0.0675 e. The number of hydrogen-bond acceptors (Lipinski definition) is 4. The Kier molecular flexibility index (Phi) is 4.32. The fourth-order valence-electron chi connectivity index (χ4n) is 2.63. The zero-order valence-corrected chi connectivity index (χ0v) is 11.5. The molecule has 2 rings (SSSR count). The van der Waals surface area contributed by atoms with Gasteiger partial charge in [-0.15, -0.1) is 0 Å². The molecule has 0 radical (unpaired) electrons. The summed E-state index contributed by atoms with van der Waals surface area (Å²) >= 11 is 0. The minimum Gasteiger partial charge on any atom is -0.376 e. The summed E-state index contributed by atoms with van der Waals surface area (Å²) in [5.74, 6) is 0. The van der Waals surface area contributed by atoms with E-state index in [9.17, 15) is 0 Å². The van der Waals surface area contributed by atoms with E-state index in [2.05, 4.69) is 30.7 Å². The average Bonchev–Trinajstić information content (AvgIpc) is 2.36. The van der Waals surface area contributed by atoms with Crippen molar-refractivity contribution < 1.29 is 4.74 Å². The van der Waals surface area contributed by atoms with Crippen LogP contribution in [0.2, 0.25) is 0 Å². The molecule has 0 saturated carbocycles. The van der Waals surface area contributed by atoms with Gasteiger partial charge in [0, 0.05) is 37.6 Å². The van der Waals surface area contributed by atoms with Crippen LogP contribution in [-0.4, -0.2) is 41.7 Å². The minimum atomic E-state index is 0.236. The van der Waals surface area contributed by atoms with E-state index >= 15 is 0 Å². The van der Waals surface area contributed by atoms with Gasteiger partial charge in [-0.2, -0.15) is 0 Å². The topological polar surface area (TPSA) is 51.4 Å². The predicted octanol–water partition coefficient (Wildman–Crippen LogP) is 1.50. The molecule has 0 amide bonds. The Morgan fingerprint density at radius 3 is 3.00 bits per heavy atom. The highest BCUT2D eigenvalue weighted by Gasteiger charge is 2.30. The molecule has 1 aromatic heterocycles. The molecule has 0 spiro atoms. The first kappa shape index (κ1) is 13.5. The number of pyridine rings is 1. The summed E-state index contributed by atoms with van der Waals surface area (Å²) in [6, 6.07) is 2.68. The van der Waals surface area contributed by atoms with Gasteiger partial charge in [-0.05, 0) is 38.0 Å². The second-order valence-electron chi connectivity index (χ2n) is 5.17. The number of ether oxygens (including phenoxy) is 1. The van der Waals surface area contributed by atoms with Gasteiger partial charge in [0.1, 0.15) is 0 Å². The number of aromatic nitrogens is 1. The minimum absolute atomic E-state index is 0.236. The van der Waals surface area contributed by atoms with Crippen LogP contribution in [0.3, 0.4) is 0 Å². The van der Waals surface area contributed by atoms with E-state index in [4.69, 9.17) is 10.5 Å². The lowest BCUT2D eigenvalue weighted by Gasteiger charge is -2.42. The molecule has 4 nitrogen and oxygen atoms in total. The third kappa shape index (κ3) is 2.71. The second kappa shape index (κ2) is 5.78. The summed E-state index contributed by atoms with van der Waals surface area (Å²) in [6.07, 6.45) is 4.05. The molecule has 1 saturated heterocycles. The summed E-state index contributed by atoms with van der Waals surface area (Å²) in [7, 11) is 0. The van der Waals surface area contributed by atoms with E-state index in [1.807, 2.05) is 18.5 Å². The van der Waals surface area contributed by atoms with Crippen LogP contribution in [0.4, 0.5) is 0 Å². The van der Waals surface area contributed by atoms with Gasteiger partial charge in [0.15, 0.2) is 0 Å². The molecule has 100 valence electrons. The first-order valence-electron chi connectivity index (χ1n) is 6.61. The van der Waals surface area contributed by atoms with Gasteiger partial charge in [-0.3, -0.25) is 9.88 Å². The van der Waals surface area contributed by atoms with Gasteiger partial charge in [0.2, 0.25) is 0 Å². The van der Waals surface area contributed by atoms with Gasteiger partial charge in [0.25, 0.3) is 0 Å². The van der Waals surface area contributed by atoms with Crippen LogP contribution in [0.5, 0.6) is 0 Å². The van der Waals surface area contributed by atoms with E-state index in [-0.39, 0.29) is 12.1 Å². The fraction of sp³-hybridized carbons (Fsp3) is 0.643. The average molecular weight is 249 g/mol. The molecule has 1 fully saturated rings. The van der Waals surface area contributed by atoms with Crippen LogP contribution >= 0.6 is 0 Å². The van der Waals surface area contributed by atoms with Crippen molar-refractivity contribution in [2.75, 3.05) is 19.7 Å². The summed E-state index contributed by atoms with van der Waals surface area (Å²) in [5.41, 5.74) is 8.50. The van der Waals surface area contributed by atoms with Gasteiger partial charge < -0.3 is 10.5 Å². The summed E-state index contributed by atoms with van der Waals surface area (Å²) in [4.78, 5) is 6.68. The van der Waals surface area contributed by atoms with Crippen molar-refractivity contribution in [3.05, 3.63) is 29.6 Å². The van der Waals surface area contributed by atoms with Crippen molar-refractivity contribution in [1.29, 1.82) is 0 Å². The molecule has 0 aromatic carbocycles. The first-order chi connectivity index (χ1) is 8.63. The van der Waals surface area contributed by atoms with Crippen molar-refractivity contribution in [2.24, 2.45) is 5.73 Å². The highest BCUT2D eigenvalue weighted by molar-refractivity contribution is 5.25. The highest BCUT2D eigenvalue weighted by Crippen LogP contribution is 2.27. The third-order valence-corrected chi connectivity index (χ3v) is 3.72. The highest BCUT2D eigenvalue weighted by atomic mass is 16.5. The van der Waals surface area contributed by atoms with Crippen LogP contribution in [0.15, 0.2) is 18.5 Å². The molecular weight excluding hydrogens is 226 g/mol. The number of rotatable bonds is 3. The monoisotopic (exact) mass is 249 g/mol. The van der Waals surface area contributed by atoms with Crippen LogP contribution in [0, 0.1) is 6.92 Å². The SMILES string of the molecule is Cc1ccncc1C(CN)N1CC(C)OCC1C. The van der Waals surface area contributed by atoms with Crippen LogP contribution in [0.25, 0.3) is 0 Å². The molecule has 2 heterocycles. The second-order valence-corrected chi connectivity index (χ2v) is 5.17. The Morgan fingerprint density at radius 1 is 1.56 bits per heavy atom. The van der Waals surface area contributed by atoms with E-state index in [0.717, 1.165) is 13.2 Å². The van der Waals surface area contributed by atoms with Crippen molar-refractivity contribution in [2.45, 2.75) is 39.0 Å². The Bertz CT molecular complexity index is 396. The van der Waals surface area contributed by atoms with Crippen LogP contribution < -0.4 is 5.73 Å². The molecule has 3 atom stereocenters. The Hall–Kier alpha value is -0.970. The van der Waals surface area contributed by atoms with E-state index in [0.29, 0.717) is 12.6 Å².